The van der Waals surface area contributed by atoms with E-state index in [2.05, 4.69) is 31.0 Å². The van der Waals surface area contributed by atoms with E-state index in [9.17, 15) is 4.79 Å². The van der Waals surface area contributed by atoms with Gasteiger partial charge in [0.25, 0.3) is 0 Å². The Hall–Kier alpha value is -2.62. The van der Waals surface area contributed by atoms with Crippen molar-refractivity contribution in [3.05, 3.63) is 66.5 Å². The zero-order valence-corrected chi connectivity index (χ0v) is 14.2. The molecule has 0 aliphatic heterocycles. The molecule has 0 N–H and O–H groups in total. The molecular formula is C20H23N3O. The molecule has 0 saturated carbocycles. The molecule has 0 spiro atoms. The number of imidazole rings is 1. The lowest BCUT2D eigenvalue weighted by Crippen LogP contribution is -2.36. The van der Waals surface area contributed by atoms with E-state index in [1.165, 1.54) is 0 Å². The zero-order valence-electron chi connectivity index (χ0n) is 14.2. The number of amides is 1. The average molecular weight is 321 g/mol. The number of para-hydroxylation sites is 2. The Morgan fingerprint density at radius 3 is 2.54 bits per heavy atom. The Morgan fingerprint density at radius 1 is 1.08 bits per heavy atom. The van der Waals surface area contributed by atoms with Gasteiger partial charge >= 0.3 is 0 Å². The van der Waals surface area contributed by atoms with Crippen LogP contribution in [0.5, 0.6) is 0 Å². The van der Waals surface area contributed by atoms with Gasteiger partial charge in [-0.25, -0.2) is 4.98 Å². The van der Waals surface area contributed by atoms with E-state index in [4.69, 9.17) is 0 Å². The highest BCUT2D eigenvalue weighted by molar-refractivity contribution is 5.77. The van der Waals surface area contributed by atoms with Gasteiger partial charge in [-0.3, -0.25) is 4.79 Å². The molecule has 2 aromatic carbocycles. The molecule has 0 aliphatic carbocycles. The molecule has 124 valence electrons. The number of benzene rings is 2. The van der Waals surface area contributed by atoms with Crippen LogP contribution in [0.2, 0.25) is 0 Å². The number of aryl methyl sites for hydroxylation is 1. The maximum Gasteiger partial charge on any atom is 0.224 e. The third-order valence-corrected chi connectivity index (χ3v) is 4.23. The Labute approximate surface area is 142 Å². The topological polar surface area (TPSA) is 38.1 Å². The number of hydrogen-bond acceptors (Lipinski definition) is 2. The maximum absolute atomic E-state index is 12.7. The summed E-state index contributed by atoms with van der Waals surface area (Å²) in [4.78, 5) is 19.0. The first kappa shape index (κ1) is 16.2. The Kier molecular flexibility index (Phi) is 4.94. The molecule has 0 unspecified atom stereocenters. The largest absolute Gasteiger partial charge is 0.336 e. The summed E-state index contributed by atoms with van der Waals surface area (Å²) in [6, 6.07) is 18.3. The van der Waals surface area contributed by atoms with Gasteiger partial charge in [-0.05, 0) is 31.5 Å². The SMILES string of the molecule is CC(C)N(Cc1ccccc1)C(=O)CCn1cnc2ccccc21. The minimum Gasteiger partial charge on any atom is -0.336 e. The van der Waals surface area contributed by atoms with Gasteiger partial charge in [0.15, 0.2) is 0 Å². The van der Waals surface area contributed by atoms with Gasteiger partial charge in [0, 0.05) is 25.6 Å². The highest BCUT2D eigenvalue weighted by Crippen LogP contribution is 2.14. The van der Waals surface area contributed by atoms with Crippen LogP contribution in [-0.2, 0) is 17.9 Å². The highest BCUT2D eigenvalue weighted by Gasteiger charge is 2.17. The lowest BCUT2D eigenvalue weighted by Gasteiger charge is -2.27. The van der Waals surface area contributed by atoms with Crippen molar-refractivity contribution in [1.29, 1.82) is 0 Å². The molecular weight excluding hydrogens is 298 g/mol. The monoisotopic (exact) mass is 321 g/mol. The van der Waals surface area contributed by atoms with Gasteiger partial charge in [0.2, 0.25) is 5.91 Å². The van der Waals surface area contributed by atoms with Crippen molar-refractivity contribution in [3.63, 3.8) is 0 Å². The second kappa shape index (κ2) is 7.30. The molecule has 0 fully saturated rings. The third kappa shape index (κ3) is 3.65. The first-order valence-corrected chi connectivity index (χ1v) is 8.38. The van der Waals surface area contributed by atoms with Crippen LogP contribution >= 0.6 is 0 Å². The lowest BCUT2D eigenvalue weighted by atomic mass is 10.1. The van der Waals surface area contributed by atoms with E-state index in [1.54, 1.807) is 0 Å². The van der Waals surface area contributed by atoms with Crippen molar-refractivity contribution in [2.24, 2.45) is 0 Å². The van der Waals surface area contributed by atoms with E-state index in [-0.39, 0.29) is 11.9 Å². The van der Waals surface area contributed by atoms with Gasteiger partial charge in [-0.1, -0.05) is 42.5 Å². The van der Waals surface area contributed by atoms with E-state index < -0.39 is 0 Å². The summed E-state index contributed by atoms with van der Waals surface area (Å²) >= 11 is 0. The second-order valence-electron chi connectivity index (χ2n) is 6.28. The second-order valence-corrected chi connectivity index (χ2v) is 6.28. The molecule has 1 aromatic heterocycles. The van der Waals surface area contributed by atoms with Crippen LogP contribution in [0.4, 0.5) is 0 Å². The number of rotatable bonds is 6. The minimum absolute atomic E-state index is 0.173. The van der Waals surface area contributed by atoms with Crippen molar-refractivity contribution in [1.82, 2.24) is 14.5 Å². The number of fused-ring (bicyclic) bond motifs is 1. The minimum atomic E-state index is 0.173. The van der Waals surface area contributed by atoms with Crippen molar-refractivity contribution >= 4 is 16.9 Å². The number of hydrogen-bond donors (Lipinski definition) is 0. The standard InChI is InChI=1S/C20H23N3O/c1-16(2)23(14-17-8-4-3-5-9-17)20(24)12-13-22-15-21-18-10-6-7-11-19(18)22/h3-11,15-16H,12-14H2,1-2H3. The Balaban J connectivity index is 1.67. The highest BCUT2D eigenvalue weighted by atomic mass is 16.2. The molecule has 4 nitrogen and oxygen atoms in total. The summed E-state index contributed by atoms with van der Waals surface area (Å²) in [6.07, 6.45) is 2.29. The maximum atomic E-state index is 12.7. The van der Waals surface area contributed by atoms with Gasteiger partial charge < -0.3 is 9.47 Å². The molecule has 24 heavy (non-hydrogen) atoms. The summed E-state index contributed by atoms with van der Waals surface area (Å²) in [5.74, 6) is 0.173. The molecule has 3 aromatic rings. The summed E-state index contributed by atoms with van der Waals surface area (Å²) in [5, 5.41) is 0. The predicted molar refractivity (Wildman–Crippen MR) is 96.5 cm³/mol. The van der Waals surface area contributed by atoms with E-state index >= 15 is 0 Å². The molecule has 4 heteroatoms. The molecule has 0 atom stereocenters. The fourth-order valence-electron chi connectivity index (χ4n) is 2.89. The van der Waals surface area contributed by atoms with E-state index in [0.717, 1.165) is 16.6 Å². The van der Waals surface area contributed by atoms with Crippen molar-refractivity contribution in [3.8, 4) is 0 Å². The third-order valence-electron chi connectivity index (χ3n) is 4.23. The van der Waals surface area contributed by atoms with Crippen molar-refractivity contribution in [2.75, 3.05) is 0 Å². The quantitative estimate of drug-likeness (QED) is 0.691. The fourth-order valence-corrected chi connectivity index (χ4v) is 2.89. The molecule has 0 radical (unpaired) electrons. The normalized spacial score (nSPS) is 11.1. The molecule has 1 amide bonds. The van der Waals surface area contributed by atoms with E-state index in [1.807, 2.05) is 58.3 Å². The Bertz CT molecular complexity index is 808. The summed E-state index contributed by atoms with van der Waals surface area (Å²) in [5.41, 5.74) is 3.20. The first-order valence-electron chi connectivity index (χ1n) is 8.38. The van der Waals surface area contributed by atoms with Crippen LogP contribution in [0.1, 0.15) is 25.8 Å². The van der Waals surface area contributed by atoms with E-state index in [0.29, 0.717) is 19.5 Å². The number of nitrogens with zero attached hydrogens (tertiary/aromatic N) is 3. The van der Waals surface area contributed by atoms with Crippen molar-refractivity contribution in [2.45, 2.75) is 39.4 Å². The lowest BCUT2D eigenvalue weighted by molar-refractivity contribution is -0.133. The van der Waals surface area contributed by atoms with Crippen LogP contribution in [0, 0.1) is 0 Å². The van der Waals surface area contributed by atoms with Gasteiger partial charge in [-0.2, -0.15) is 0 Å². The van der Waals surface area contributed by atoms with Gasteiger partial charge in [0.1, 0.15) is 0 Å². The van der Waals surface area contributed by atoms with Crippen LogP contribution in [0.25, 0.3) is 11.0 Å². The number of carbonyl (C=O) groups excluding carboxylic acids is 1. The average Bonchev–Trinajstić information content (AvgIpc) is 3.01. The molecule has 0 bridgehead atoms. The van der Waals surface area contributed by atoms with Gasteiger partial charge in [-0.15, -0.1) is 0 Å². The molecule has 3 rings (SSSR count). The number of aromatic nitrogens is 2. The molecule has 1 heterocycles. The number of carbonyl (C=O) groups is 1. The summed E-state index contributed by atoms with van der Waals surface area (Å²) < 4.78 is 2.05. The molecule has 0 saturated heterocycles. The smallest absolute Gasteiger partial charge is 0.224 e. The predicted octanol–water partition coefficient (Wildman–Crippen LogP) is 3.86. The summed E-state index contributed by atoms with van der Waals surface area (Å²) in [6.45, 7) is 5.43. The van der Waals surface area contributed by atoms with Gasteiger partial charge in [0.05, 0.1) is 17.4 Å². The summed E-state index contributed by atoms with van der Waals surface area (Å²) in [7, 11) is 0. The zero-order chi connectivity index (χ0) is 16.9. The Morgan fingerprint density at radius 2 is 1.79 bits per heavy atom. The molecule has 0 aliphatic rings. The first-order chi connectivity index (χ1) is 11.6. The van der Waals surface area contributed by atoms with Crippen LogP contribution in [0.3, 0.4) is 0 Å². The van der Waals surface area contributed by atoms with Crippen LogP contribution in [-0.4, -0.2) is 26.4 Å². The van der Waals surface area contributed by atoms with Crippen LogP contribution in [0.15, 0.2) is 60.9 Å². The van der Waals surface area contributed by atoms with Crippen LogP contribution < -0.4 is 0 Å². The fraction of sp³-hybridized carbons (Fsp3) is 0.300. The van der Waals surface area contributed by atoms with Crippen molar-refractivity contribution < 1.29 is 4.79 Å².